The number of nitrogens with zero attached hydrogens (tertiary/aromatic N) is 2. The number of aromatic nitrogens is 2. The predicted molar refractivity (Wildman–Crippen MR) is 72.7 cm³/mol. The fraction of sp³-hybridized carbons (Fsp3) is 0.538. The average Bonchev–Trinajstić information content (AvgIpc) is 3.05. The van der Waals surface area contributed by atoms with E-state index in [9.17, 15) is 0 Å². The third-order valence-corrected chi connectivity index (χ3v) is 4.45. The number of nitrogens with two attached hydrogens (primary N) is 1. The van der Waals surface area contributed by atoms with Crippen LogP contribution in [0.1, 0.15) is 43.3 Å². The van der Waals surface area contributed by atoms with Gasteiger partial charge in [-0.1, -0.05) is 25.1 Å². The molecular formula is C13H19N3OS. The summed E-state index contributed by atoms with van der Waals surface area (Å²) in [6.45, 7) is 4.76. The van der Waals surface area contributed by atoms with Crippen LogP contribution in [0.5, 0.6) is 0 Å². The largest absolute Gasteiger partial charge is 0.339 e. The summed E-state index contributed by atoms with van der Waals surface area (Å²) in [5.41, 5.74) is 5.71. The number of hydrogen-bond acceptors (Lipinski definition) is 5. The molecule has 0 aromatic carbocycles. The van der Waals surface area contributed by atoms with Gasteiger partial charge in [-0.25, -0.2) is 0 Å². The Kier molecular flexibility index (Phi) is 4.14. The molecule has 0 spiro atoms. The first-order valence-electron chi connectivity index (χ1n) is 6.29. The maximum absolute atomic E-state index is 5.88. The van der Waals surface area contributed by atoms with Crippen LogP contribution in [-0.4, -0.2) is 16.7 Å². The summed E-state index contributed by atoms with van der Waals surface area (Å²) < 4.78 is 5.42. The van der Waals surface area contributed by atoms with Crippen LogP contribution in [0.15, 0.2) is 22.0 Å². The third kappa shape index (κ3) is 2.47. The van der Waals surface area contributed by atoms with E-state index in [2.05, 4.69) is 35.4 Å². The molecule has 0 bridgehead atoms. The molecule has 0 aliphatic carbocycles. The van der Waals surface area contributed by atoms with Gasteiger partial charge >= 0.3 is 0 Å². The molecule has 0 saturated heterocycles. The maximum atomic E-state index is 5.88. The van der Waals surface area contributed by atoms with E-state index in [1.165, 1.54) is 4.88 Å². The Bertz CT molecular complexity index is 466. The standard InChI is InChI=1S/C13H19N3OS/c1-3-13(4-2,9-14)12-15-11(16-17-12)8-10-6-5-7-18-10/h5-7H,3-4,8-9,14H2,1-2H3. The highest BCUT2D eigenvalue weighted by atomic mass is 32.1. The number of rotatable bonds is 6. The molecule has 98 valence electrons. The van der Waals surface area contributed by atoms with Crippen molar-refractivity contribution in [1.82, 2.24) is 10.1 Å². The molecule has 2 rings (SSSR count). The molecule has 0 aliphatic rings. The second kappa shape index (κ2) is 5.63. The first kappa shape index (κ1) is 13.2. The summed E-state index contributed by atoms with van der Waals surface area (Å²) in [4.78, 5) is 5.76. The van der Waals surface area contributed by atoms with Gasteiger partial charge in [0.15, 0.2) is 5.82 Å². The van der Waals surface area contributed by atoms with Gasteiger partial charge in [0, 0.05) is 17.8 Å². The molecule has 2 N–H and O–H groups in total. The summed E-state index contributed by atoms with van der Waals surface area (Å²) in [6, 6.07) is 4.11. The fourth-order valence-electron chi connectivity index (χ4n) is 2.04. The summed E-state index contributed by atoms with van der Waals surface area (Å²) >= 11 is 1.71. The Morgan fingerprint density at radius 2 is 2.17 bits per heavy atom. The van der Waals surface area contributed by atoms with Crippen molar-refractivity contribution in [2.45, 2.75) is 38.5 Å². The molecule has 2 heterocycles. The van der Waals surface area contributed by atoms with Gasteiger partial charge in [0.05, 0.1) is 5.41 Å². The Hall–Kier alpha value is -1.20. The molecule has 0 saturated carbocycles. The summed E-state index contributed by atoms with van der Waals surface area (Å²) in [6.07, 6.45) is 2.57. The van der Waals surface area contributed by atoms with Gasteiger partial charge in [-0.3, -0.25) is 0 Å². The molecule has 4 nitrogen and oxygen atoms in total. The van der Waals surface area contributed by atoms with E-state index in [0.29, 0.717) is 12.4 Å². The Labute approximate surface area is 111 Å². The van der Waals surface area contributed by atoms with Gasteiger partial charge in [-0.05, 0) is 24.3 Å². The van der Waals surface area contributed by atoms with Crippen LogP contribution >= 0.6 is 11.3 Å². The van der Waals surface area contributed by atoms with Crippen molar-refractivity contribution >= 4 is 11.3 Å². The van der Waals surface area contributed by atoms with Crippen LogP contribution in [0.2, 0.25) is 0 Å². The lowest BCUT2D eigenvalue weighted by Gasteiger charge is -2.24. The van der Waals surface area contributed by atoms with Crippen LogP contribution in [0.25, 0.3) is 0 Å². The zero-order chi connectivity index (χ0) is 13.0. The van der Waals surface area contributed by atoms with E-state index in [4.69, 9.17) is 10.3 Å². The van der Waals surface area contributed by atoms with Gasteiger partial charge in [0.2, 0.25) is 5.89 Å². The van der Waals surface area contributed by atoms with Crippen LogP contribution in [0.3, 0.4) is 0 Å². The Morgan fingerprint density at radius 3 is 2.72 bits per heavy atom. The van der Waals surface area contributed by atoms with Crippen LogP contribution in [0, 0.1) is 0 Å². The Morgan fingerprint density at radius 1 is 1.39 bits per heavy atom. The van der Waals surface area contributed by atoms with Crippen molar-refractivity contribution in [1.29, 1.82) is 0 Å². The minimum atomic E-state index is -0.166. The zero-order valence-corrected chi connectivity index (χ0v) is 11.7. The van der Waals surface area contributed by atoms with Crippen molar-refractivity contribution in [3.8, 4) is 0 Å². The van der Waals surface area contributed by atoms with Crippen LogP contribution in [-0.2, 0) is 11.8 Å². The molecule has 2 aromatic rings. The van der Waals surface area contributed by atoms with Crippen molar-refractivity contribution < 1.29 is 4.52 Å². The van der Waals surface area contributed by atoms with Crippen LogP contribution in [0.4, 0.5) is 0 Å². The first-order chi connectivity index (χ1) is 8.74. The van der Waals surface area contributed by atoms with Crippen molar-refractivity contribution in [3.63, 3.8) is 0 Å². The molecule has 0 fully saturated rings. The quantitative estimate of drug-likeness (QED) is 0.872. The van der Waals surface area contributed by atoms with Crippen molar-refractivity contribution in [2.75, 3.05) is 6.54 Å². The zero-order valence-electron chi connectivity index (χ0n) is 10.8. The maximum Gasteiger partial charge on any atom is 0.234 e. The molecule has 0 aliphatic heterocycles. The van der Waals surface area contributed by atoms with Gasteiger partial charge in [-0.2, -0.15) is 4.98 Å². The van der Waals surface area contributed by atoms with Gasteiger partial charge in [0.25, 0.3) is 0 Å². The normalized spacial score (nSPS) is 11.9. The number of hydrogen-bond donors (Lipinski definition) is 1. The van der Waals surface area contributed by atoms with E-state index in [-0.39, 0.29) is 5.41 Å². The molecular weight excluding hydrogens is 246 g/mol. The summed E-state index contributed by atoms with van der Waals surface area (Å²) in [5, 5.41) is 6.12. The first-order valence-corrected chi connectivity index (χ1v) is 7.17. The molecule has 2 aromatic heterocycles. The Balaban J connectivity index is 2.19. The van der Waals surface area contributed by atoms with Gasteiger partial charge in [0.1, 0.15) is 0 Å². The lowest BCUT2D eigenvalue weighted by Crippen LogP contribution is -2.34. The molecule has 0 amide bonds. The molecule has 0 atom stereocenters. The highest BCUT2D eigenvalue weighted by Crippen LogP contribution is 2.29. The monoisotopic (exact) mass is 265 g/mol. The van der Waals surface area contributed by atoms with E-state index >= 15 is 0 Å². The molecule has 5 heteroatoms. The van der Waals surface area contributed by atoms with E-state index in [1.807, 2.05) is 6.07 Å². The second-order valence-electron chi connectivity index (χ2n) is 4.46. The topological polar surface area (TPSA) is 64.9 Å². The van der Waals surface area contributed by atoms with Gasteiger partial charge < -0.3 is 10.3 Å². The molecule has 18 heavy (non-hydrogen) atoms. The SMILES string of the molecule is CCC(CC)(CN)c1nc(Cc2cccs2)no1. The third-order valence-electron chi connectivity index (χ3n) is 3.58. The summed E-state index contributed by atoms with van der Waals surface area (Å²) in [5.74, 6) is 1.42. The van der Waals surface area contributed by atoms with E-state index in [1.54, 1.807) is 11.3 Å². The smallest absolute Gasteiger partial charge is 0.234 e. The lowest BCUT2D eigenvalue weighted by atomic mass is 9.82. The van der Waals surface area contributed by atoms with E-state index in [0.717, 1.165) is 25.1 Å². The van der Waals surface area contributed by atoms with E-state index < -0.39 is 0 Å². The second-order valence-corrected chi connectivity index (χ2v) is 5.50. The van der Waals surface area contributed by atoms with Crippen LogP contribution < -0.4 is 5.73 Å². The van der Waals surface area contributed by atoms with Crippen molar-refractivity contribution in [2.24, 2.45) is 5.73 Å². The minimum Gasteiger partial charge on any atom is -0.339 e. The molecule has 0 radical (unpaired) electrons. The fourth-order valence-corrected chi connectivity index (χ4v) is 2.74. The average molecular weight is 265 g/mol. The molecule has 0 unspecified atom stereocenters. The minimum absolute atomic E-state index is 0.166. The summed E-state index contributed by atoms with van der Waals surface area (Å²) in [7, 11) is 0. The lowest BCUT2D eigenvalue weighted by molar-refractivity contribution is 0.266. The predicted octanol–water partition coefficient (Wildman–Crippen LogP) is 2.74. The number of thiophene rings is 1. The van der Waals surface area contributed by atoms with Gasteiger partial charge in [-0.15, -0.1) is 11.3 Å². The highest BCUT2D eigenvalue weighted by Gasteiger charge is 2.33. The van der Waals surface area contributed by atoms with Crippen molar-refractivity contribution in [3.05, 3.63) is 34.1 Å². The highest BCUT2D eigenvalue weighted by molar-refractivity contribution is 7.09.